The topological polar surface area (TPSA) is 9.23 Å². The molecule has 1 aromatic carbocycles. The maximum atomic E-state index is 5.55. The molecule has 0 amide bonds. The first-order valence-corrected chi connectivity index (χ1v) is 6.68. The van der Waals surface area contributed by atoms with Crippen LogP contribution in [-0.4, -0.2) is 6.61 Å². The molecule has 17 heavy (non-hydrogen) atoms. The van der Waals surface area contributed by atoms with E-state index < -0.39 is 0 Å². The van der Waals surface area contributed by atoms with Crippen LogP contribution >= 0.6 is 0 Å². The Labute approximate surface area is 106 Å². The Balaban J connectivity index is 2.41. The summed E-state index contributed by atoms with van der Waals surface area (Å²) in [6.45, 7) is 4.95. The summed E-state index contributed by atoms with van der Waals surface area (Å²) in [7, 11) is 0. The first-order chi connectivity index (χ1) is 8.38. The second-order valence-electron chi connectivity index (χ2n) is 4.15. The average Bonchev–Trinajstić information content (AvgIpc) is 2.36. The van der Waals surface area contributed by atoms with Crippen molar-refractivity contribution in [3.05, 3.63) is 35.9 Å². The van der Waals surface area contributed by atoms with Crippen LogP contribution < -0.4 is 4.74 Å². The Morgan fingerprint density at radius 3 is 2.88 bits per heavy atom. The van der Waals surface area contributed by atoms with Crippen molar-refractivity contribution < 1.29 is 4.74 Å². The second kappa shape index (κ2) is 8.86. The smallest absolute Gasteiger partial charge is 0.127 e. The number of unbranched alkanes of at least 4 members (excludes halogenated alkanes) is 4. The van der Waals surface area contributed by atoms with Gasteiger partial charge in [-0.25, -0.2) is 0 Å². The molecular formula is C16H23O. The minimum absolute atomic E-state index is 0.704. The lowest BCUT2D eigenvalue weighted by Gasteiger charge is -2.05. The second-order valence-corrected chi connectivity index (χ2v) is 4.15. The van der Waals surface area contributed by atoms with Gasteiger partial charge in [0.1, 0.15) is 5.75 Å². The van der Waals surface area contributed by atoms with Crippen LogP contribution in [0.4, 0.5) is 0 Å². The highest BCUT2D eigenvalue weighted by molar-refractivity contribution is 5.56. The summed E-state index contributed by atoms with van der Waals surface area (Å²) < 4.78 is 5.55. The molecule has 93 valence electrons. The summed E-state index contributed by atoms with van der Waals surface area (Å²) in [5.74, 6) is 0.930. The maximum Gasteiger partial charge on any atom is 0.127 e. The summed E-state index contributed by atoms with van der Waals surface area (Å²) in [4.78, 5) is 0. The molecule has 0 heterocycles. The van der Waals surface area contributed by atoms with Gasteiger partial charge in [-0.15, -0.1) is 0 Å². The fourth-order valence-corrected chi connectivity index (χ4v) is 1.74. The average molecular weight is 231 g/mol. The van der Waals surface area contributed by atoms with E-state index in [0.717, 1.165) is 17.7 Å². The third-order valence-electron chi connectivity index (χ3n) is 2.68. The van der Waals surface area contributed by atoms with E-state index >= 15 is 0 Å². The van der Waals surface area contributed by atoms with Crippen LogP contribution in [0.15, 0.2) is 24.3 Å². The molecule has 0 atom stereocenters. The van der Waals surface area contributed by atoms with Crippen molar-refractivity contribution >= 4 is 6.08 Å². The van der Waals surface area contributed by atoms with E-state index in [4.69, 9.17) is 4.74 Å². The first kappa shape index (κ1) is 13.8. The van der Waals surface area contributed by atoms with Gasteiger partial charge >= 0.3 is 0 Å². The lowest BCUT2D eigenvalue weighted by Crippen LogP contribution is -1.93. The molecule has 0 aliphatic rings. The van der Waals surface area contributed by atoms with Crippen molar-refractivity contribution in [3.63, 3.8) is 0 Å². The third-order valence-corrected chi connectivity index (χ3v) is 2.68. The van der Waals surface area contributed by atoms with E-state index in [1.807, 2.05) is 25.1 Å². The number of allylic oxidation sites excluding steroid dienone is 1. The molecule has 0 spiro atoms. The van der Waals surface area contributed by atoms with Gasteiger partial charge in [-0.05, 0) is 31.9 Å². The molecule has 0 unspecified atom stereocenters. The molecule has 1 rings (SSSR count). The van der Waals surface area contributed by atoms with Crippen LogP contribution in [0.3, 0.4) is 0 Å². The molecule has 0 aliphatic carbocycles. The van der Waals surface area contributed by atoms with Crippen molar-refractivity contribution in [2.24, 2.45) is 0 Å². The van der Waals surface area contributed by atoms with Crippen molar-refractivity contribution in [1.29, 1.82) is 0 Å². The Bertz CT molecular complexity index is 328. The van der Waals surface area contributed by atoms with Gasteiger partial charge in [0.25, 0.3) is 0 Å². The van der Waals surface area contributed by atoms with Crippen LogP contribution in [0.25, 0.3) is 6.08 Å². The molecule has 1 aromatic rings. The van der Waals surface area contributed by atoms with E-state index in [2.05, 4.69) is 25.1 Å². The zero-order valence-electron chi connectivity index (χ0n) is 11.0. The van der Waals surface area contributed by atoms with Crippen molar-refractivity contribution in [3.8, 4) is 5.75 Å². The quantitative estimate of drug-likeness (QED) is 0.580. The molecule has 0 saturated heterocycles. The molecule has 0 aliphatic heterocycles. The first-order valence-electron chi connectivity index (χ1n) is 6.68. The van der Waals surface area contributed by atoms with Gasteiger partial charge in [0, 0.05) is 5.56 Å². The van der Waals surface area contributed by atoms with E-state index in [1.54, 1.807) is 0 Å². The van der Waals surface area contributed by atoms with Gasteiger partial charge in [-0.3, -0.25) is 0 Å². The number of ether oxygens (including phenoxy) is 1. The highest BCUT2D eigenvalue weighted by Gasteiger charge is 1.97. The van der Waals surface area contributed by atoms with E-state index in [9.17, 15) is 0 Å². The minimum atomic E-state index is 0.704. The highest BCUT2D eigenvalue weighted by atomic mass is 16.5. The maximum absolute atomic E-state index is 5.55. The summed E-state index contributed by atoms with van der Waals surface area (Å²) in [5.41, 5.74) is 1.15. The zero-order valence-corrected chi connectivity index (χ0v) is 11.0. The lowest BCUT2D eigenvalue weighted by molar-refractivity contribution is 0.339. The van der Waals surface area contributed by atoms with Crippen molar-refractivity contribution in [2.75, 3.05) is 6.61 Å². The largest absolute Gasteiger partial charge is 0.493 e. The summed E-state index contributed by atoms with van der Waals surface area (Å²) >= 11 is 0. The van der Waals surface area contributed by atoms with Gasteiger partial charge in [-0.2, -0.15) is 0 Å². The lowest BCUT2D eigenvalue weighted by atomic mass is 10.1. The molecule has 1 heteroatoms. The minimum Gasteiger partial charge on any atom is -0.493 e. The Morgan fingerprint density at radius 1 is 1.24 bits per heavy atom. The van der Waals surface area contributed by atoms with E-state index in [0.29, 0.717) is 6.61 Å². The predicted octanol–water partition coefficient (Wildman–Crippen LogP) is 4.87. The van der Waals surface area contributed by atoms with Gasteiger partial charge in [-0.1, -0.05) is 50.5 Å². The molecular weight excluding hydrogens is 208 g/mol. The fourth-order valence-electron chi connectivity index (χ4n) is 1.74. The molecule has 0 fully saturated rings. The number of rotatable bonds is 8. The van der Waals surface area contributed by atoms with Crippen LogP contribution in [0.1, 0.15) is 51.5 Å². The SMILES string of the molecule is CCCCCCC=Cc1cc[c]cc1OCC. The predicted molar refractivity (Wildman–Crippen MR) is 74.2 cm³/mol. The normalized spacial score (nSPS) is 10.9. The summed E-state index contributed by atoms with van der Waals surface area (Å²) in [6.07, 6.45) is 10.8. The highest BCUT2D eigenvalue weighted by Crippen LogP contribution is 2.19. The van der Waals surface area contributed by atoms with E-state index in [1.165, 1.54) is 25.7 Å². The molecule has 0 aromatic heterocycles. The standard InChI is InChI=1S/C16H23O/c1-3-5-6-7-8-9-12-15-13-10-11-14-16(15)17-4-2/h9-10,12-14H,3-8H2,1-2H3. The molecule has 1 radical (unpaired) electrons. The van der Waals surface area contributed by atoms with Crippen LogP contribution in [-0.2, 0) is 0 Å². The van der Waals surface area contributed by atoms with E-state index in [-0.39, 0.29) is 0 Å². The summed E-state index contributed by atoms with van der Waals surface area (Å²) in [5, 5.41) is 0. The molecule has 0 N–H and O–H groups in total. The molecule has 0 bridgehead atoms. The number of hydrogen-bond donors (Lipinski definition) is 0. The zero-order chi connectivity index (χ0) is 12.3. The third kappa shape index (κ3) is 5.58. The number of hydrogen-bond acceptors (Lipinski definition) is 1. The molecule has 1 nitrogen and oxygen atoms in total. The van der Waals surface area contributed by atoms with Gasteiger partial charge < -0.3 is 4.74 Å². The van der Waals surface area contributed by atoms with Crippen molar-refractivity contribution in [2.45, 2.75) is 46.0 Å². The Kier molecular flexibility index (Phi) is 7.20. The Hall–Kier alpha value is -1.24. The summed E-state index contributed by atoms with van der Waals surface area (Å²) in [6, 6.07) is 8.93. The van der Waals surface area contributed by atoms with Gasteiger partial charge in [0.2, 0.25) is 0 Å². The number of benzene rings is 1. The van der Waals surface area contributed by atoms with Gasteiger partial charge in [0.05, 0.1) is 6.61 Å². The monoisotopic (exact) mass is 231 g/mol. The van der Waals surface area contributed by atoms with Gasteiger partial charge in [0.15, 0.2) is 0 Å². The molecule has 0 saturated carbocycles. The van der Waals surface area contributed by atoms with Crippen LogP contribution in [0.5, 0.6) is 5.75 Å². The Morgan fingerprint density at radius 2 is 2.12 bits per heavy atom. The van der Waals surface area contributed by atoms with Crippen LogP contribution in [0.2, 0.25) is 0 Å². The fraction of sp³-hybridized carbons (Fsp3) is 0.500. The van der Waals surface area contributed by atoms with Crippen molar-refractivity contribution in [1.82, 2.24) is 0 Å². The van der Waals surface area contributed by atoms with Crippen LogP contribution in [0, 0.1) is 6.07 Å².